The van der Waals surface area contributed by atoms with Crippen molar-refractivity contribution in [2.45, 2.75) is 6.54 Å². The average molecular weight is 230 g/mol. The van der Waals surface area contributed by atoms with E-state index in [0.29, 0.717) is 12.5 Å². The normalized spacial score (nSPS) is 10.9. The van der Waals surface area contributed by atoms with E-state index in [1.807, 2.05) is 6.07 Å². The van der Waals surface area contributed by atoms with Gasteiger partial charge in [0.05, 0.1) is 13.2 Å². The van der Waals surface area contributed by atoms with Crippen LogP contribution in [0.15, 0.2) is 18.5 Å². The predicted octanol–water partition coefficient (Wildman–Crippen LogP) is 1.16. The van der Waals surface area contributed by atoms with Gasteiger partial charge in [0.15, 0.2) is 0 Å². The molecule has 1 aromatic rings. The fraction of sp³-hybridized carbons (Fsp3) is 0.600. The molecule has 84 valence electrons. The highest BCUT2D eigenvalue weighted by atomic mass is 35.5. The van der Waals surface area contributed by atoms with Crippen molar-refractivity contribution in [1.29, 1.82) is 0 Å². The summed E-state index contributed by atoms with van der Waals surface area (Å²) >= 11 is 5.72. The van der Waals surface area contributed by atoms with E-state index >= 15 is 0 Å². The Morgan fingerprint density at radius 2 is 2.07 bits per heavy atom. The first-order valence-electron chi connectivity index (χ1n) is 4.90. The van der Waals surface area contributed by atoms with Gasteiger partial charge in [0, 0.05) is 38.5 Å². The van der Waals surface area contributed by atoms with E-state index in [2.05, 4.69) is 14.9 Å². The third-order valence-corrected chi connectivity index (χ3v) is 2.17. The maximum atomic E-state index is 5.72. The fourth-order valence-corrected chi connectivity index (χ4v) is 1.46. The van der Waals surface area contributed by atoms with Gasteiger partial charge in [-0.2, -0.15) is 0 Å². The van der Waals surface area contributed by atoms with Gasteiger partial charge in [0.25, 0.3) is 0 Å². The number of methoxy groups -OCH3 is 1. The number of aromatic nitrogens is 2. The highest BCUT2D eigenvalue weighted by molar-refractivity contribution is 6.18. The van der Waals surface area contributed by atoms with Crippen molar-refractivity contribution in [3.8, 4) is 0 Å². The quantitative estimate of drug-likeness (QED) is 0.658. The maximum absolute atomic E-state index is 5.72. The molecule has 0 aliphatic heterocycles. The molecular weight excluding hydrogens is 214 g/mol. The molecule has 0 N–H and O–H groups in total. The molecule has 1 heterocycles. The first kappa shape index (κ1) is 12.4. The number of nitrogens with zero attached hydrogens (tertiary/aromatic N) is 3. The van der Waals surface area contributed by atoms with Gasteiger partial charge in [-0.15, -0.1) is 11.6 Å². The van der Waals surface area contributed by atoms with Crippen molar-refractivity contribution < 1.29 is 4.74 Å². The van der Waals surface area contributed by atoms with Crippen LogP contribution in [0.4, 0.5) is 0 Å². The van der Waals surface area contributed by atoms with Gasteiger partial charge in [-0.3, -0.25) is 4.90 Å². The largest absolute Gasteiger partial charge is 0.383 e. The van der Waals surface area contributed by atoms with E-state index in [1.54, 1.807) is 19.5 Å². The fourth-order valence-electron chi connectivity index (χ4n) is 1.22. The summed E-state index contributed by atoms with van der Waals surface area (Å²) in [5.74, 6) is 1.43. The molecule has 0 saturated carbocycles. The number of hydrogen-bond donors (Lipinski definition) is 0. The first-order chi connectivity index (χ1) is 7.36. The zero-order chi connectivity index (χ0) is 10.9. The van der Waals surface area contributed by atoms with Crippen molar-refractivity contribution in [3.05, 3.63) is 24.3 Å². The smallest absolute Gasteiger partial charge is 0.142 e. The van der Waals surface area contributed by atoms with Crippen molar-refractivity contribution in [2.75, 3.05) is 32.7 Å². The zero-order valence-corrected chi connectivity index (χ0v) is 9.65. The second-order valence-electron chi connectivity index (χ2n) is 3.12. The summed E-state index contributed by atoms with van der Waals surface area (Å²) in [6, 6.07) is 1.81. The third kappa shape index (κ3) is 5.06. The third-order valence-electron chi connectivity index (χ3n) is 2.00. The summed E-state index contributed by atoms with van der Waals surface area (Å²) in [7, 11) is 1.69. The molecule has 0 unspecified atom stereocenters. The van der Waals surface area contributed by atoms with Crippen LogP contribution in [0.2, 0.25) is 0 Å². The Hall–Kier alpha value is -0.710. The van der Waals surface area contributed by atoms with Gasteiger partial charge in [-0.25, -0.2) is 9.97 Å². The van der Waals surface area contributed by atoms with Gasteiger partial charge in [0.1, 0.15) is 5.82 Å². The van der Waals surface area contributed by atoms with Crippen LogP contribution in [0, 0.1) is 0 Å². The lowest BCUT2D eigenvalue weighted by Crippen LogP contribution is -2.29. The molecule has 0 fully saturated rings. The highest BCUT2D eigenvalue weighted by Crippen LogP contribution is 1.98. The number of alkyl halides is 1. The summed E-state index contributed by atoms with van der Waals surface area (Å²) in [5, 5.41) is 0. The Balaban J connectivity index is 2.43. The average Bonchev–Trinajstić information content (AvgIpc) is 2.28. The van der Waals surface area contributed by atoms with Crippen molar-refractivity contribution >= 4 is 11.6 Å². The van der Waals surface area contributed by atoms with E-state index in [1.165, 1.54) is 0 Å². The van der Waals surface area contributed by atoms with Crippen LogP contribution in [-0.2, 0) is 11.3 Å². The van der Waals surface area contributed by atoms with E-state index in [9.17, 15) is 0 Å². The van der Waals surface area contributed by atoms with E-state index < -0.39 is 0 Å². The van der Waals surface area contributed by atoms with Crippen LogP contribution >= 0.6 is 11.6 Å². The molecule has 0 radical (unpaired) electrons. The van der Waals surface area contributed by atoms with Crippen LogP contribution in [0.5, 0.6) is 0 Å². The predicted molar refractivity (Wildman–Crippen MR) is 59.9 cm³/mol. The summed E-state index contributed by atoms with van der Waals surface area (Å²) in [6.45, 7) is 3.09. The van der Waals surface area contributed by atoms with Crippen LogP contribution in [0.1, 0.15) is 5.82 Å². The summed E-state index contributed by atoms with van der Waals surface area (Å²) in [4.78, 5) is 10.5. The van der Waals surface area contributed by atoms with Crippen LogP contribution in [0.25, 0.3) is 0 Å². The molecule has 5 heteroatoms. The molecular formula is C10H16ClN3O. The van der Waals surface area contributed by atoms with Crippen LogP contribution in [0.3, 0.4) is 0 Å². The van der Waals surface area contributed by atoms with E-state index in [4.69, 9.17) is 16.3 Å². The van der Waals surface area contributed by atoms with Crippen molar-refractivity contribution in [2.24, 2.45) is 0 Å². The van der Waals surface area contributed by atoms with Gasteiger partial charge in [-0.05, 0) is 6.07 Å². The highest BCUT2D eigenvalue weighted by Gasteiger charge is 2.06. The minimum Gasteiger partial charge on any atom is -0.383 e. The van der Waals surface area contributed by atoms with Crippen molar-refractivity contribution in [3.63, 3.8) is 0 Å². The SMILES string of the molecule is COCCN(CCCl)Cc1ncccn1. The number of rotatable bonds is 7. The lowest BCUT2D eigenvalue weighted by Gasteiger charge is -2.19. The summed E-state index contributed by atoms with van der Waals surface area (Å²) < 4.78 is 5.03. The minimum atomic E-state index is 0.608. The maximum Gasteiger partial charge on any atom is 0.142 e. The molecule has 0 spiro atoms. The molecule has 0 saturated heterocycles. The van der Waals surface area contributed by atoms with Crippen LogP contribution < -0.4 is 0 Å². The van der Waals surface area contributed by atoms with Gasteiger partial charge in [0.2, 0.25) is 0 Å². The number of ether oxygens (including phenoxy) is 1. The molecule has 0 aliphatic carbocycles. The standard InChI is InChI=1S/C10H16ClN3O/c1-15-8-7-14(6-3-11)9-10-12-4-2-5-13-10/h2,4-5H,3,6-9H2,1H3. The van der Waals surface area contributed by atoms with Gasteiger partial charge in [-0.1, -0.05) is 0 Å². The summed E-state index contributed by atoms with van der Waals surface area (Å²) in [5.41, 5.74) is 0. The Morgan fingerprint density at radius 3 is 2.67 bits per heavy atom. The second kappa shape index (κ2) is 7.56. The second-order valence-corrected chi connectivity index (χ2v) is 3.50. The molecule has 0 atom stereocenters. The Morgan fingerprint density at radius 1 is 1.33 bits per heavy atom. The monoisotopic (exact) mass is 229 g/mol. The van der Waals surface area contributed by atoms with Crippen molar-refractivity contribution in [1.82, 2.24) is 14.9 Å². The lowest BCUT2D eigenvalue weighted by molar-refractivity contribution is 0.146. The zero-order valence-electron chi connectivity index (χ0n) is 8.90. The number of hydrogen-bond acceptors (Lipinski definition) is 4. The molecule has 4 nitrogen and oxygen atoms in total. The van der Waals surface area contributed by atoms with Gasteiger partial charge >= 0.3 is 0 Å². The molecule has 15 heavy (non-hydrogen) atoms. The Labute approximate surface area is 95.2 Å². The van der Waals surface area contributed by atoms with Crippen LogP contribution in [-0.4, -0.2) is 47.6 Å². The molecule has 1 rings (SSSR count). The topological polar surface area (TPSA) is 38.2 Å². The first-order valence-corrected chi connectivity index (χ1v) is 5.43. The molecule has 0 bridgehead atoms. The van der Waals surface area contributed by atoms with Gasteiger partial charge < -0.3 is 4.74 Å². The summed E-state index contributed by atoms with van der Waals surface area (Å²) in [6.07, 6.45) is 3.50. The molecule has 0 amide bonds. The lowest BCUT2D eigenvalue weighted by atomic mass is 10.4. The van der Waals surface area contributed by atoms with E-state index in [-0.39, 0.29) is 0 Å². The molecule has 1 aromatic heterocycles. The molecule has 0 aromatic carbocycles. The Kier molecular flexibility index (Phi) is 6.23. The van der Waals surface area contributed by atoms with E-state index in [0.717, 1.165) is 25.5 Å². The Bertz CT molecular complexity index is 258. The minimum absolute atomic E-state index is 0.608. The number of halogens is 1. The molecule has 0 aliphatic rings.